The van der Waals surface area contributed by atoms with Crippen LogP contribution in [0.5, 0.6) is 11.5 Å². The maximum Gasteiger partial charge on any atom is 0.162 e. The van der Waals surface area contributed by atoms with E-state index in [1.54, 1.807) is 38.1 Å². The van der Waals surface area contributed by atoms with Crippen LogP contribution in [0.3, 0.4) is 0 Å². The summed E-state index contributed by atoms with van der Waals surface area (Å²) in [6, 6.07) is 9.51. The van der Waals surface area contributed by atoms with Crippen LogP contribution in [-0.4, -0.2) is 21.8 Å². The van der Waals surface area contributed by atoms with Crippen LogP contribution in [0, 0.1) is 0 Å². The highest BCUT2D eigenvalue weighted by atomic mass is 16.3. The SMILES string of the molecule is CCC(=O)c1ccc(O)c(C(C)(C)c2cc(C(=O)CC)ccc2O)c1. The van der Waals surface area contributed by atoms with Gasteiger partial charge in [-0.2, -0.15) is 0 Å². The van der Waals surface area contributed by atoms with Crippen molar-refractivity contribution in [2.24, 2.45) is 0 Å². The van der Waals surface area contributed by atoms with Crippen molar-refractivity contribution in [3.63, 3.8) is 0 Å². The minimum absolute atomic E-state index is 0.0174. The van der Waals surface area contributed by atoms with E-state index in [-0.39, 0.29) is 23.1 Å². The van der Waals surface area contributed by atoms with Gasteiger partial charge in [-0.05, 0) is 36.4 Å². The Morgan fingerprint density at radius 2 is 1.16 bits per heavy atom. The number of carbonyl (C=O) groups is 2. The monoisotopic (exact) mass is 340 g/mol. The van der Waals surface area contributed by atoms with Crippen LogP contribution in [0.1, 0.15) is 72.4 Å². The van der Waals surface area contributed by atoms with Gasteiger partial charge in [0.2, 0.25) is 0 Å². The lowest BCUT2D eigenvalue weighted by molar-refractivity contribution is 0.0980. The van der Waals surface area contributed by atoms with Crippen molar-refractivity contribution in [3.05, 3.63) is 58.7 Å². The molecule has 132 valence electrons. The summed E-state index contributed by atoms with van der Waals surface area (Å²) in [5.74, 6) is 0.0564. The van der Waals surface area contributed by atoms with E-state index in [1.807, 2.05) is 13.8 Å². The molecule has 0 saturated carbocycles. The first-order chi connectivity index (χ1) is 11.7. The minimum atomic E-state index is -0.789. The molecule has 2 aromatic carbocycles. The zero-order valence-corrected chi connectivity index (χ0v) is 15.1. The van der Waals surface area contributed by atoms with Gasteiger partial charge in [-0.3, -0.25) is 9.59 Å². The first-order valence-corrected chi connectivity index (χ1v) is 8.45. The van der Waals surface area contributed by atoms with Crippen molar-refractivity contribution in [3.8, 4) is 11.5 Å². The molecule has 0 heterocycles. The first-order valence-electron chi connectivity index (χ1n) is 8.45. The first kappa shape index (κ1) is 18.7. The van der Waals surface area contributed by atoms with E-state index in [9.17, 15) is 19.8 Å². The molecule has 25 heavy (non-hydrogen) atoms. The van der Waals surface area contributed by atoms with Gasteiger partial charge in [0.05, 0.1) is 0 Å². The smallest absolute Gasteiger partial charge is 0.162 e. The molecule has 4 nitrogen and oxygen atoms in total. The normalized spacial score (nSPS) is 11.4. The predicted octanol–water partition coefficient (Wildman–Crippen LogP) is 4.61. The van der Waals surface area contributed by atoms with Crippen molar-refractivity contribution < 1.29 is 19.8 Å². The molecule has 0 amide bonds. The molecule has 0 unspecified atom stereocenters. The van der Waals surface area contributed by atoms with Crippen LogP contribution in [0.4, 0.5) is 0 Å². The van der Waals surface area contributed by atoms with Crippen LogP contribution < -0.4 is 0 Å². The molecule has 2 aromatic rings. The quantitative estimate of drug-likeness (QED) is 0.753. The number of benzene rings is 2. The standard InChI is InChI=1S/C21H24O4/c1-5-17(22)13-7-9-19(24)15(11-13)21(3,4)16-12-14(18(23)6-2)8-10-20(16)25/h7-12,24-25H,5-6H2,1-4H3. The van der Waals surface area contributed by atoms with E-state index >= 15 is 0 Å². The van der Waals surface area contributed by atoms with Gasteiger partial charge in [-0.25, -0.2) is 0 Å². The molecular weight excluding hydrogens is 316 g/mol. The van der Waals surface area contributed by atoms with Gasteiger partial charge in [-0.1, -0.05) is 27.7 Å². The van der Waals surface area contributed by atoms with Crippen molar-refractivity contribution in [1.82, 2.24) is 0 Å². The lowest BCUT2D eigenvalue weighted by Crippen LogP contribution is -2.20. The maximum absolute atomic E-state index is 12.0. The Balaban J connectivity index is 2.62. The Hall–Kier alpha value is -2.62. The zero-order valence-electron chi connectivity index (χ0n) is 15.1. The molecule has 0 atom stereocenters. The fourth-order valence-electron chi connectivity index (χ4n) is 2.97. The fourth-order valence-corrected chi connectivity index (χ4v) is 2.97. The molecule has 2 rings (SSSR count). The van der Waals surface area contributed by atoms with Crippen LogP contribution in [0.15, 0.2) is 36.4 Å². The molecule has 0 fully saturated rings. The van der Waals surface area contributed by atoms with E-state index in [0.717, 1.165) is 0 Å². The summed E-state index contributed by atoms with van der Waals surface area (Å²) in [6.07, 6.45) is 0.743. The van der Waals surface area contributed by atoms with E-state index in [4.69, 9.17) is 0 Å². The van der Waals surface area contributed by atoms with Crippen LogP contribution in [-0.2, 0) is 5.41 Å². The largest absolute Gasteiger partial charge is 0.508 e. The average molecular weight is 340 g/mol. The number of hydrogen-bond acceptors (Lipinski definition) is 4. The number of rotatable bonds is 6. The van der Waals surface area contributed by atoms with Gasteiger partial charge in [0.15, 0.2) is 11.6 Å². The van der Waals surface area contributed by atoms with Gasteiger partial charge >= 0.3 is 0 Å². The highest BCUT2D eigenvalue weighted by Crippen LogP contribution is 2.41. The number of ketones is 2. The molecule has 0 bridgehead atoms. The molecule has 0 aliphatic heterocycles. The molecule has 4 heteroatoms. The predicted molar refractivity (Wildman–Crippen MR) is 97.6 cm³/mol. The zero-order chi connectivity index (χ0) is 18.8. The van der Waals surface area contributed by atoms with Gasteiger partial charge in [-0.15, -0.1) is 0 Å². The number of phenolic OH excluding ortho intramolecular Hbond substituents is 2. The summed E-state index contributed by atoms with van der Waals surface area (Å²) in [7, 11) is 0. The lowest BCUT2D eigenvalue weighted by Gasteiger charge is -2.28. The molecule has 0 aliphatic carbocycles. The van der Waals surface area contributed by atoms with Gasteiger partial charge < -0.3 is 10.2 Å². The van der Waals surface area contributed by atoms with Gasteiger partial charge in [0.25, 0.3) is 0 Å². The summed E-state index contributed by atoms with van der Waals surface area (Å²) < 4.78 is 0. The van der Waals surface area contributed by atoms with Gasteiger partial charge in [0.1, 0.15) is 11.5 Å². The summed E-state index contributed by atoms with van der Waals surface area (Å²) in [4.78, 5) is 24.0. The van der Waals surface area contributed by atoms with Crippen molar-refractivity contribution in [1.29, 1.82) is 0 Å². The van der Waals surface area contributed by atoms with Crippen LogP contribution in [0.2, 0.25) is 0 Å². The number of aromatic hydroxyl groups is 2. The molecule has 2 N–H and O–H groups in total. The van der Waals surface area contributed by atoms with Crippen LogP contribution in [0.25, 0.3) is 0 Å². The number of carbonyl (C=O) groups excluding carboxylic acids is 2. The summed E-state index contributed by atoms with van der Waals surface area (Å²) in [6.45, 7) is 7.26. The number of phenols is 2. The molecular formula is C21H24O4. The minimum Gasteiger partial charge on any atom is -0.508 e. The second-order valence-corrected chi connectivity index (χ2v) is 6.64. The molecule has 0 saturated heterocycles. The number of hydrogen-bond donors (Lipinski definition) is 2. The molecule has 0 spiro atoms. The Morgan fingerprint density at radius 1 is 0.800 bits per heavy atom. The van der Waals surface area contributed by atoms with E-state index in [2.05, 4.69) is 0 Å². The summed E-state index contributed by atoms with van der Waals surface area (Å²) in [5, 5.41) is 20.7. The van der Waals surface area contributed by atoms with Gasteiger partial charge in [0, 0.05) is 40.5 Å². The van der Waals surface area contributed by atoms with E-state index in [0.29, 0.717) is 35.1 Å². The Bertz CT molecular complexity index is 751. The molecule has 0 radical (unpaired) electrons. The average Bonchev–Trinajstić information content (AvgIpc) is 2.60. The lowest BCUT2D eigenvalue weighted by atomic mass is 9.76. The fraction of sp³-hybridized carbons (Fsp3) is 0.333. The van der Waals surface area contributed by atoms with Crippen molar-refractivity contribution >= 4 is 11.6 Å². The topological polar surface area (TPSA) is 74.6 Å². The molecule has 0 aromatic heterocycles. The van der Waals surface area contributed by atoms with E-state index < -0.39 is 5.41 Å². The van der Waals surface area contributed by atoms with Crippen molar-refractivity contribution in [2.75, 3.05) is 0 Å². The third kappa shape index (κ3) is 3.58. The highest BCUT2D eigenvalue weighted by Gasteiger charge is 2.30. The van der Waals surface area contributed by atoms with Crippen LogP contribution >= 0.6 is 0 Å². The maximum atomic E-state index is 12.0. The van der Waals surface area contributed by atoms with Crippen molar-refractivity contribution in [2.45, 2.75) is 46.0 Å². The second-order valence-electron chi connectivity index (χ2n) is 6.64. The Labute approximate surface area is 148 Å². The summed E-state index contributed by atoms with van der Waals surface area (Å²) in [5.41, 5.74) is 1.31. The Kier molecular flexibility index (Phi) is 5.31. The Morgan fingerprint density at radius 3 is 1.48 bits per heavy atom. The van der Waals surface area contributed by atoms with E-state index in [1.165, 1.54) is 12.1 Å². The molecule has 0 aliphatic rings. The number of Topliss-reactive ketones (excluding diaryl/α,β-unsaturated/α-hetero) is 2. The summed E-state index contributed by atoms with van der Waals surface area (Å²) >= 11 is 0. The third-order valence-electron chi connectivity index (χ3n) is 4.63. The highest BCUT2D eigenvalue weighted by molar-refractivity contribution is 5.97. The second kappa shape index (κ2) is 7.09. The third-order valence-corrected chi connectivity index (χ3v) is 4.63.